The molecule has 0 aromatic rings. The minimum Gasteiger partial charge on any atom is -0.370 e. The van der Waals surface area contributed by atoms with Gasteiger partial charge in [-0.1, -0.05) is 0 Å². The van der Waals surface area contributed by atoms with E-state index in [0.717, 1.165) is 0 Å². The van der Waals surface area contributed by atoms with Gasteiger partial charge in [0.25, 0.3) is 0 Å². The zero-order chi connectivity index (χ0) is 3.70. The average Bonchev–Trinajstić information content (AvgIpc) is 2.12. The third kappa shape index (κ3) is 0.597. The molecule has 1 saturated heterocycles. The van der Waals surface area contributed by atoms with E-state index in [1.807, 2.05) is 0 Å². The third-order valence-corrected chi connectivity index (χ3v) is 0.588. The fourth-order valence-electron chi connectivity index (χ4n) is 0.164. The van der Waals surface area contributed by atoms with E-state index in [1.165, 1.54) is 0 Å². The monoisotopic (exact) mass is 73.0 g/mol. The van der Waals surface area contributed by atoms with E-state index in [0.29, 0.717) is 6.61 Å². The lowest BCUT2D eigenvalue weighted by Crippen LogP contribution is -1.86. The predicted molar refractivity (Wildman–Crippen MR) is 15.3 cm³/mol. The van der Waals surface area contributed by atoms with Gasteiger partial charge in [0.05, 0.1) is 6.61 Å². The summed E-state index contributed by atoms with van der Waals surface area (Å²) < 4.78 is 4.55. The van der Waals surface area contributed by atoms with Crippen LogP contribution in [0, 0.1) is 0 Å². The van der Waals surface area contributed by atoms with Crippen LogP contribution in [0.1, 0.15) is 0 Å². The molecule has 1 heterocycles. The maximum atomic E-state index is 9.57. The van der Waals surface area contributed by atoms with Crippen LogP contribution in [0.5, 0.6) is 0 Å². The summed E-state index contributed by atoms with van der Waals surface area (Å²) in [5.41, 5.74) is 0. The van der Waals surface area contributed by atoms with E-state index in [-0.39, 0.29) is 12.7 Å². The fourth-order valence-corrected chi connectivity index (χ4v) is 0.164. The number of hydrogen-bond acceptors (Lipinski definition) is 1. The van der Waals surface area contributed by atoms with Crippen molar-refractivity contribution < 1.29 is 9.84 Å². The minimum atomic E-state index is -0.0556. The summed E-state index contributed by atoms with van der Waals surface area (Å²) in [5, 5.41) is 9.57. The Morgan fingerprint density at radius 1 is 2.00 bits per heavy atom. The molecule has 0 N–H and O–H groups in total. The van der Waals surface area contributed by atoms with Gasteiger partial charge in [-0.25, -0.2) is 5.11 Å². The summed E-state index contributed by atoms with van der Waals surface area (Å²) in [6.07, 6.45) is 0.0787. The highest BCUT2D eigenvalue weighted by Crippen LogP contribution is 2.05. The maximum Gasteiger partial charge on any atom is 0.111 e. The Hall–Kier alpha value is -0.0800. The number of hydrogen-bond donors (Lipinski definition) is 0. The van der Waals surface area contributed by atoms with Gasteiger partial charge in [0, 0.05) is 0 Å². The van der Waals surface area contributed by atoms with Crippen molar-refractivity contribution in [1.82, 2.24) is 0 Å². The molecule has 1 radical (unpaired) electrons. The van der Waals surface area contributed by atoms with Gasteiger partial charge in [0.15, 0.2) is 0 Å². The van der Waals surface area contributed by atoms with Gasteiger partial charge in [-0.05, 0) is 0 Å². The molecule has 0 amide bonds. The van der Waals surface area contributed by atoms with Crippen molar-refractivity contribution in [2.45, 2.75) is 6.10 Å². The lowest BCUT2D eigenvalue weighted by molar-refractivity contribution is 0.164. The Balaban J connectivity index is 2.00. The number of ether oxygens (including phenoxy) is 1. The number of rotatable bonds is 1. The van der Waals surface area contributed by atoms with Crippen LogP contribution in [-0.4, -0.2) is 19.3 Å². The molecule has 0 bridgehead atoms. The van der Waals surface area contributed by atoms with Crippen LogP contribution in [0.4, 0.5) is 0 Å². The first-order valence-corrected chi connectivity index (χ1v) is 1.63. The molecule has 0 aromatic heterocycles. The molecule has 1 aliphatic heterocycles. The van der Waals surface area contributed by atoms with E-state index in [4.69, 9.17) is 0 Å². The second-order valence-electron chi connectivity index (χ2n) is 1.12. The van der Waals surface area contributed by atoms with Crippen molar-refractivity contribution in [3.05, 3.63) is 0 Å². The molecule has 0 saturated carbocycles. The summed E-state index contributed by atoms with van der Waals surface area (Å²) in [5.74, 6) is 0. The smallest absolute Gasteiger partial charge is 0.111 e. The molecule has 29 valence electrons. The van der Waals surface area contributed by atoms with Crippen LogP contribution in [0.25, 0.3) is 0 Å². The zero-order valence-electron chi connectivity index (χ0n) is 2.81. The van der Waals surface area contributed by atoms with E-state index in [1.54, 1.807) is 0 Å². The Kier molecular flexibility index (Phi) is 0.596. The van der Waals surface area contributed by atoms with Gasteiger partial charge in [-0.3, -0.25) is 0 Å². The molecule has 0 unspecified atom stereocenters. The van der Waals surface area contributed by atoms with Crippen LogP contribution < -0.4 is 0 Å². The Bertz CT molecular complexity index is 31.9. The van der Waals surface area contributed by atoms with Crippen molar-refractivity contribution in [2.75, 3.05) is 13.2 Å². The summed E-state index contributed by atoms with van der Waals surface area (Å²) in [4.78, 5) is 0. The summed E-state index contributed by atoms with van der Waals surface area (Å²) in [6.45, 7) is 0.642. The Labute approximate surface area is 30.4 Å². The summed E-state index contributed by atoms with van der Waals surface area (Å²) in [6, 6.07) is 0. The third-order valence-electron chi connectivity index (χ3n) is 0.588. The SMILES string of the molecule is [O]C[C@@H]1CO1. The molecule has 1 rings (SSSR count). The second-order valence-corrected chi connectivity index (χ2v) is 1.12. The molecular formula is C3H5O2. The largest absolute Gasteiger partial charge is 0.370 e. The fraction of sp³-hybridized carbons (Fsp3) is 1.00. The van der Waals surface area contributed by atoms with Gasteiger partial charge in [-0.2, -0.15) is 0 Å². The zero-order valence-corrected chi connectivity index (χ0v) is 2.81. The normalized spacial score (nSPS) is 34.2. The average molecular weight is 73.1 g/mol. The quantitative estimate of drug-likeness (QED) is 0.396. The van der Waals surface area contributed by atoms with Crippen LogP contribution in [0.15, 0.2) is 0 Å². The molecular weight excluding hydrogens is 68.0 g/mol. The lowest BCUT2D eigenvalue weighted by atomic mass is 10.5. The van der Waals surface area contributed by atoms with Crippen molar-refractivity contribution in [3.63, 3.8) is 0 Å². The first kappa shape index (κ1) is 3.12. The Morgan fingerprint density at radius 2 is 2.60 bits per heavy atom. The van der Waals surface area contributed by atoms with Crippen LogP contribution in [0.2, 0.25) is 0 Å². The summed E-state index contributed by atoms with van der Waals surface area (Å²) in [7, 11) is 0. The van der Waals surface area contributed by atoms with Crippen molar-refractivity contribution in [2.24, 2.45) is 0 Å². The maximum absolute atomic E-state index is 9.57. The standard InChI is InChI=1S/C3H5O2/c4-1-3-2-5-3/h3H,1-2H2/t3-/m1/s1. The van der Waals surface area contributed by atoms with Crippen molar-refractivity contribution in [3.8, 4) is 0 Å². The van der Waals surface area contributed by atoms with Crippen LogP contribution in [0.3, 0.4) is 0 Å². The van der Waals surface area contributed by atoms with E-state index >= 15 is 0 Å². The first-order valence-electron chi connectivity index (χ1n) is 1.63. The van der Waals surface area contributed by atoms with Crippen molar-refractivity contribution >= 4 is 0 Å². The molecule has 0 aromatic carbocycles. The van der Waals surface area contributed by atoms with Gasteiger partial charge < -0.3 is 4.74 Å². The highest BCUT2D eigenvalue weighted by Gasteiger charge is 2.20. The van der Waals surface area contributed by atoms with Gasteiger partial charge in [0.2, 0.25) is 0 Å². The molecule has 5 heavy (non-hydrogen) atoms. The number of epoxide rings is 1. The first-order chi connectivity index (χ1) is 2.43. The van der Waals surface area contributed by atoms with Crippen molar-refractivity contribution in [1.29, 1.82) is 0 Å². The van der Waals surface area contributed by atoms with Crippen LogP contribution >= 0.6 is 0 Å². The van der Waals surface area contributed by atoms with Gasteiger partial charge >= 0.3 is 0 Å². The summed E-state index contributed by atoms with van der Waals surface area (Å²) >= 11 is 0. The van der Waals surface area contributed by atoms with E-state index in [9.17, 15) is 5.11 Å². The highest BCUT2D eigenvalue weighted by atomic mass is 16.6. The van der Waals surface area contributed by atoms with Gasteiger partial charge in [0.1, 0.15) is 12.7 Å². The molecule has 0 aliphatic carbocycles. The lowest BCUT2D eigenvalue weighted by Gasteiger charge is -1.66. The highest BCUT2D eigenvalue weighted by molar-refractivity contribution is 4.64. The van der Waals surface area contributed by atoms with Crippen LogP contribution in [-0.2, 0) is 9.84 Å². The predicted octanol–water partition coefficient (Wildman–Crippen LogP) is -0.184. The second kappa shape index (κ2) is 0.954. The molecule has 1 atom stereocenters. The van der Waals surface area contributed by atoms with E-state index in [2.05, 4.69) is 4.74 Å². The molecule has 1 fully saturated rings. The van der Waals surface area contributed by atoms with Gasteiger partial charge in [-0.15, -0.1) is 0 Å². The van der Waals surface area contributed by atoms with E-state index < -0.39 is 0 Å². The topological polar surface area (TPSA) is 32.4 Å². The Morgan fingerprint density at radius 3 is 2.60 bits per heavy atom. The molecule has 2 nitrogen and oxygen atoms in total. The molecule has 2 heteroatoms. The molecule has 1 aliphatic rings. The molecule has 0 spiro atoms. The minimum absolute atomic E-state index is 0.0556.